The molecule has 0 radical (unpaired) electrons. The topological polar surface area (TPSA) is 49.9 Å². The molecule has 1 aliphatic rings. The minimum atomic E-state index is -3.09. The second kappa shape index (κ2) is 9.19. The summed E-state index contributed by atoms with van der Waals surface area (Å²) in [7, 11) is -0.966. The van der Waals surface area contributed by atoms with E-state index in [0.29, 0.717) is 13.1 Å². The summed E-state index contributed by atoms with van der Waals surface area (Å²) < 4.78 is 31.6. The van der Waals surface area contributed by atoms with Crippen molar-refractivity contribution in [1.29, 1.82) is 0 Å². The third-order valence-electron chi connectivity index (χ3n) is 4.85. The van der Waals surface area contributed by atoms with Crippen molar-refractivity contribution in [3.05, 3.63) is 52.2 Å². The van der Waals surface area contributed by atoms with E-state index in [4.69, 9.17) is 4.74 Å². The molecule has 7 heteroatoms. The van der Waals surface area contributed by atoms with E-state index in [1.165, 1.54) is 11.1 Å². The smallest absolute Gasteiger partial charge is 0.213 e. The van der Waals surface area contributed by atoms with Gasteiger partial charge >= 0.3 is 0 Å². The van der Waals surface area contributed by atoms with E-state index in [1.807, 2.05) is 12.1 Å². The Balaban J connectivity index is 1.52. The normalized spacial score (nSPS) is 16.7. The lowest BCUT2D eigenvalue weighted by Gasteiger charge is -2.31. The van der Waals surface area contributed by atoms with Gasteiger partial charge in [0.1, 0.15) is 11.9 Å². The summed E-state index contributed by atoms with van der Waals surface area (Å²) in [5.74, 6) is 1.03. The van der Waals surface area contributed by atoms with E-state index < -0.39 is 10.0 Å². The van der Waals surface area contributed by atoms with Gasteiger partial charge in [0.25, 0.3) is 0 Å². The van der Waals surface area contributed by atoms with E-state index in [9.17, 15) is 8.42 Å². The Bertz CT molecular complexity index is 814. The lowest BCUT2D eigenvalue weighted by atomic mass is 10.1. The number of nitrogens with zero attached hydrogens (tertiary/aromatic N) is 2. The van der Waals surface area contributed by atoms with Crippen LogP contribution in [0.4, 0.5) is 0 Å². The van der Waals surface area contributed by atoms with Crippen LogP contribution in [0.1, 0.15) is 30.9 Å². The molecule has 27 heavy (non-hydrogen) atoms. The Morgan fingerprint density at radius 2 is 1.93 bits per heavy atom. The highest BCUT2D eigenvalue weighted by Crippen LogP contribution is 2.22. The monoisotopic (exact) mass is 408 g/mol. The van der Waals surface area contributed by atoms with Crippen molar-refractivity contribution in [2.45, 2.75) is 39.0 Å². The first-order chi connectivity index (χ1) is 13.0. The van der Waals surface area contributed by atoms with Crippen molar-refractivity contribution < 1.29 is 13.2 Å². The number of thiophene rings is 1. The molecule has 148 valence electrons. The standard InChI is InChI=1S/C20H28N2O3S2/c1-3-27(23,24)22-10-7-19(8-11-22)25-20-6-4-5-17(13-20)14-21(2)15-18-9-12-26-16-18/h4-6,9,12-13,16,19H,3,7-8,10-11,14-15H2,1-2H3. The molecule has 1 aromatic carbocycles. The summed E-state index contributed by atoms with van der Waals surface area (Å²) in [6.07, 6.45) is 1.55. The minimum Gasteiger partial charge on any atom is -0.490 e. The molecule has 0 amide bonds. The van der Waals surface area contributed by atoms with Gasteiger partial charge < -0.3 is 4.74 Å². The molecular weight excluding hydrogens is 380 g/mol. The zero-order chi connectivity index (χ0) is 19.3. The largest absolute Gasteiger partial charge is 0.490 e. The molecule has 0 saturated carbocycles. The second-order valence-corrected chi connectivity index (χ2v) is 10.1. The molecule has 0 aliphatic carbocycles. The minimum absolute atomic E-state index is 0.0760. The van der Waals surface area contributed by atoms with Gasteiger partial charge in [-0.25, -0.2) is 12.7 Å². The molecule has 3 rings (SSSR count). The Kier molecular flexibility index (Phi) is 6.92. The molecule has 2 heterocycles. The van der Waals surface area contributed by atoms with Crippen LogP contribution >= 0.6 is 11.3 Å². The summed E-state index contributed by atoms with van der Waals surface area (Å²) in [5.41, 5.74) is 2.56. The molecule has 1 aliphatic heterocycles. The number of ether oxygens (including phenoxy) is 1. The van der Waals surface area contributed by atoms with Gasteiger partial charge in [-0.2, -0.15) is 11.3 Å². The lowest BCUT2D eigenvalue weighted by Crippen LogP contribution is -2.42. The summed E-state index contributed by atoms with van der Waals surface area (Å²) in [4.78, 5) is 2.29. The Morgan fingerprint density at radius 1 is 1.19 bits per heavy atom. The molecule has 0 unspecified atom stereocenters. The quantitative estimate of drug-likeness (QED) is 0.670. The van der Waals surface area contributed by atoms with Crippen LogP contribution in [0.5, 0.6) is 5.75 Å². The molecule has 1 saturated heterocycles. The summed E-state index contributed by atoms with van der Waals surface area (Å²) in [6.45, 7) is 4.58. The highest BCUT2D eigenvalue weighted by Gasteiger charge is 2.27. The molecule has 1 aromatic heterocycles. The van der Waals surface area contributed by atoms with Crippen molar-refractivity contribution in [3.8, 4) is 5.75 Å². The third kappa shape index (κ3) is 5.78. The zero-order valence-electron chi connectivity index (χ0n) is 16.0. The van der Waals surface area contributed by atoms with E-state index in [1.54, 1.807) is 22.6 Å². The maximum absolute atomic E-state index is 12.0. The molecule has 1 fully saturated rings. The number of benzene rings is 1. The average Bonchev–Trinajstić information content (AvgIpc) is 3.15. The predicted molar refractivity (Wildman–Crippen MR) is 111 cm³/mol. The molecule has 0 spiro atoms. The lowest BCUT2D eigenvalue weighted by molar-refractivity contribution is 0.135. The van der Waals surface area contributed by atoms with Crippen LogP contribution < -0.4 is 4.74 Å². The van der Waals surface area contributed by atoms with Gasteiger partial charge in [-0.3, -0.25) is 4.90 Å². The van der Waals surface area contributed by atoms with Crippen LogP contribution in [-0.2, 0) is 23.1 Å². The van der Waals surface area contributed by atoms with E-state index in [2.05, 4.69) is 40.9 Å². The van der Waals surface area contributed by atoms with Crippen LogP contribution in [0, 0.1) is 0 Å². The molecule has 0 bridgehead atoms. The van der Waals surface area contributed by atoms with Crippen LogP contribution in [-0.4, -0.2) is 49.6 Å². The molecule has 5 nitrogen and oxygen atoms in total. The van der Waals surface area contributed by atoms with Crippen molar-refractivity contribution >= 4 is 21.4 Å². The Labute approximate surface area is 166 Å². The number of hydrogen-bond donors (Lipinski definition) is 0. The van der Waals surface area contributed by atoms with Gasteiger partial charge in [-0.05, 0) is 66.9 Å². The number of hydrogen-bond acceptors (Lipinski definition) is 5. The van der Waals surface area contributed by atoms with Crippen molar-refractivity contribution in [1.82, 2.24) is 9.21 Å². The maximum Gasteiger partial charge on any atom is 0.213 e. The number of sulfonamides is 1. The van der Waals surface area contributed by atoms with Crippen LogP contribution in [0.25, 0.3) is 0 Å². The fraction of sp³-hybridized carbons (Fsp3) is 0.500. The van der Waals surface area contributed by atoms with Gasteiger partial charge in [0.05, 0.1) is 5.75 Å². The average molecular weight is 409 g/mol. The van der Waals surface area contributed by atoms with Crippen molar-refractivity contribution in [2.24, 2.45) is 0 Å². The predicted octanol–water partition coefficient (Wildman–Crippen LogP) is 3.57. The third-order valence-corrected chi connectivity index (χ3v) is 7.46. The number of piperidine rings is 1. The van der Waals surface area contributed by atoms with Crippen molar-refractivity contribution in [3.63, 3.8) is 0 Å². The first-order valence-electron chi connectivity index (χ1n) is 9.39. The fourth-order valence-electron chi connectivity index (χ4n) is 3.38. The zero-order valence-corrected chi connectivity index (χ0v) is 17.6. The first kappa shape index (κ1) is 20.3. The van der Waals surface area contributed by atoms with Gasteiger partial charge in [0.15, 0.2) is 0 Å². The maximum atomic E-state index is 12.0. The summed E-state index contributed by atoms with van der Waals surface area (Å²) >= 11 is 1.72. The SMILES string of the molecule is CCS(=O)(=O)N1CCC(Oc2cccc(CN(C)Cc3ccsc3)c2)CC1. The van der Waals surface area contributed by atoms with Gasteiger partial charge in [0, 0.05) is 26.2 Å². The summed E-state index contributed by atoms with van der Waals surface area (Å²) in [6, 6.07) is 10.4. The molecule has 0 N–H and O–H groups in total. The van der Waals surface area contributed by atoms with E-state index >= 15 is 0 Å². The second-order valence-electron chi connectivity index (χ2n) is 7.07. The molecular formula is C20H28N2O3S2. The first-order valence-corrected chi connectivity index (χ1v) is 11.9. The van der Waals surface area contributed by atoms with Crippen LogP contribution in [0.3, 0.4) is 0 Å². The van der Waals surface area contributed by atoms with Gasteiger partial charge in [-0.15, -0.1) is 0 Å². The highest BCUT2D eigenvalue weighted by atomic mass is 32.2. The molecule has 0 atom stereocenters. The molecule has 2 aromatic rings. The Morgan fingerprint density at radius 3 is 2.59 bits per heavy atom. The number of rotatable bonds is 8. The van der Waals surface area contributed by atoms with E-state index in [0.717, 1.165) is 31.7 Å². The van der Waals surface area contributed by atoms with Crippen molar-refractivity contribution in [2.75, 3.05) is 25.9 Å². The summed E-state index contributed by atoms with van der Waals surface area (Å²) in [5, 5.41) is 4.29. The van der Waals surface area contributed by atoms with Crippen LogP contribution in [0.15, 0.2) is 41.1 Å². The van der Waals surface area contributed by atoms with Gasteiger partial charge in [-0.1, -0.05) is 12.1 Å². The Hall–Kier alpha value is -1.41. The van der Waals surface area contributed by atoms with Gasteiger partial charge in [0.2, 0.25) is 10.0 Å². The fourth-order valence-corrected chi connectivity index (χ4v) is 5.17. The van der Waals surface area contributed by atoms with Crippen LogP contribution in [0.2, 0.25) is 0 Å². The van der Waals surface area contributed by atoms with E-state index in [-0.39, 0.29) is 11.9 Å². The highest BCUT2D eigenvalue weighted by molar-refractivity contribution is 7.89.